The van der Waals surface area contributed by atoms with Crippen molar-refractivity contribution >= 4 is 31.4 Å². The van der Waals surface area contributed by atoms with Gasteiger partial charge in [0.25, 0.3) is 0 Å². The van der Waals surface area contributed by atoms with Crippen molar-refractivity contribution in [2.24, 2.45) is 0 Å². The largest absolute Gasteiger partial charge is 0.493 e. The third-order valence-electron chi connectivity index (χ3n) is 6.98. The fourth-order valence-electron chi connectivity index (χ4n) is 3.77. The van der Waals surface area contributed by atoms with Gasteiger partial charge in [-0.05, 0) is 66.9 Å². The third-order valence-corrected chi connectivity index (χ3v) is 11.8. The second-order valence-corrected chi connectivity index (χ2v) is 16.0. The summed E-state index contributed by atoms with van der Waals surface area (Å²) in [6.07, 6.45) is 4.18. The van der Waals surface area contributed by atoms with E-state index in [1.807, 2.05) is 25.1 Å². The van der Waals surface area contributed by atoms with Gasteiger partial charge in [0.15, 0.2) is 8.32 Å². The number of benzene rings is 1. The summed E-state index contributed by atoms with van der Waals surface area (Å²) in [5.74, 6) is 1.28. The number of hydrogen-bond donors (Lipinski definition) is 1. The summed E-state index contributed by atoms with van der Waals surface area (Å²) in [6.45, 7) is 14.6. The highest BCUT2D eigenvalue weighted by atomic mass is 35.5. The highest BCUT2D eigenvalue weighted by molar-refractivity contribution is 6.74. The predicted octanol–water partition coefficient (Wildman–Crippen LogP) is 6.55. The van der Waals surface area contributed by atoms with Crippen molar-refractivity contribution in [3.8, 4) is 11.6 Å². The molecule has 1 amide bonds. The first-order chi connectivity index (χ1) is 16.9. The maximum Gasteiger partial charge on any atom is 0.232 e. The molecule has 196 valence electrons. The van der Waals surface area contributed by atoms with E-state index >= 15 is 0 Å². The third kappa shape index (κ3) is 7.11. The van der Waals surface area contributed by atoms with Crippen LogP contribution >= 0.6 is 11.6 Å². The van der Waals surface area contributed by atoms with Crippen LogP contribution in [0.4, 0.5) is 0 Å². The standard InChI is InChI=1S/C28H39ClN2O4Si/c1-19-17-20(9-13-25(19)34-15-8-16-35-36(6,7)28(2,3)4)22(18-21-10-14-26(32)30-21)24-12-11-23(29)27(31-24)33-5/h9,11-13,17-18,21H,8,10,14-16H2,1-7H3,(H,30,32)/t21-/m1/s1. The smallest absolute Gasteiger partial charge is 0.232 e. The molecule has 0 radical (unpaired) electrons. The summed E-state index contributed by atoms with van der Waals surface area (Å²) in [7, 11) is -0.191. The van der Waals surface area contributed by atoms with Crippen molar-refractivity contribution in [2.45, 2.75) is 71.1 Å². The number of pyridine rings is 1. The minimum atomic E-state index is -1.74. The minimum absolute atomic E-state index is 0.0481. The van der Waals surface area contributed by atoms with Crippen LogP contribution in [-0.2, 0) is 9.22 Å². The van der Waals surface area contributed by atoms with Gasteiger partial charge in [-0.25, -0.2) is 4.98 Å². The molecule has 0 bridgehead atoms. The Morgan fingerprint density at radius 1 is 1.22 bits per heavy atom. The first-order valence-corrected chi connectivity index (χ1v) is 15.8. The lowest BCUT2D eigenvalue weighted by atomic mass is 9.97. The van der Waals surface area contributed by atoms with Gasteiger partial charge in [0.05, 0.1) is 19.4 Å². The summed E-state index contributed by atoms with van der Waals surface area (Å²) in [5.41, 5.74) is 3.65. The van der Waals surface area contributed by atoms with Gasteiger partial charge < -0.3 is 19.2 Å². The number of nitrogens with zero attached hydrogens (tertiary/aromatic N) is 1. The number of ether oxygens (including phenoxy) is 2. The topological polar surface area (TPSA) is 69.7 Å². The van der Waals surface area contributed by atoms with Gasteiger partial charge in [-0.2, -0.15) is 0 Å². The van der Waals surface area contributed by atoms with E-state index < -0.39 is 8.32 Å². The Balaban J connectivity index is 1.75. The molecular formula is C28H39ClN2O4Si. The molecule has 2 aromatic rings. The zero-order valence-corrected chi connectivity index (χ0v) is 24.3. The van der Waals surface area contributed by atoms with E-state index in [0.717, 1.165) is 41.0 Å². The van der Waals surface area contributed by atoms with Crippen molar-refractivity contribution in [1.82, 2.24) is 10.3 Å². The first-order valence-electron chi connectivity index (χ1n) is 12.5. The number of hydrogen-bond acceptors (Lipinski definition) is 5. The van der Waals surface area contributed by atoms with E-state index in [0.29, 0.717) is 30.5 Å². The van der Waals surface area contributed by atoms with Crippen LogP contribution in [0.3, 0.4) is 0 Å². The van der Waals surface area contributed by atoms with Crippen LogP contribution in [0.2, 0.25) is 23.2 Å². The van der Waals surface area contributed by atoms with Crippen molar-refractivity contribution in [2.75, 3.05) is 20.3 Å². The number of halogens is 1. The molecular weight excluding hydrogens is 492 g/mol. The number of carbonyl (C=O) groups is 1. The molecule has 0 spiro atoms. The number of methoxy groups -OCH3 is 1. The second kappa shape index (κ2) is 11.8. The zero-order chi connectivity index (χ0) is 26.5. The lowest BCUT2D eigenvalue weighted by molar-refractivity contribution is -0.119. The van der Waals surface area contributed by atoms with Gasteiger partial charge in [-0.15, -0.1) is 0 Å². The highest BCUT2D eigenvalue weighted by Gasteiger charge is 2.36. The average Bonchev–Trinajstić information content (AvgIpc) is 3.22. The molecule has 1 aliphatic rings. The van der Waals surface area contributed by atoms with Crippen molar-refractivity contribution in [3.05, 3.63) is 58.3 Å². The van der Waals surface area contributed by atoms with Gasteiger partial charge in [-0.1, -0.05) is 44.5 Å². The molecule has 1 aromatic carbocycles. The summed E-state index contributed by atoms with van der Waals surface area (Å²) in [6, 6.07) is 9.71. The molecule has 2 heterocycles. The predicted molar refractivity (Wildman–Crippen MR) is 148 cm³/mol. The van der Waals surface area contributed by atoms with Crippen LogP contribution in [0.1, 0.15) is 56.9 Å². The Morgan fingerprint density at radius 2 is 1.97 bits per heavy atom. The first kappa shape index (κ1) is 28.2. The van der Waals surface area contributed by atoms with Crippen LogP contribution in [0.15, 0.2) is 36.4 Å². The number of amides is 1. The number of aryl methyl sites for hydroxylation is 1. The van der Waals surface area contributed by atoms with E-state index in [4.69, 9.17) is 25.5 Å². The van der Waals surface area contributed by atoms with Crippen LogP contribution in [0.25, 0.3) is 5.57 Å². The molecule has 6 nitrogen and oxygen atoms in total. The molecule has 3 rings (SSSR count). The fourth-order valence-corrected chi connectivity index (χ4v) is 5.04. The number of nitrogens with one attached hydrogen (secondary N) is 1. The van der Waals surface area contributed by atoms with Crippen LogP contribution in [0.5, 0.6) is 11.6 Å². The Morgan fingerprint density at radius 3 is 2.58 bits per heavy atom. The summed E-state index contributed by atoms with van der Waals surface area (Å²) in [5, 5.41) is 3.67. The van der Waals surface area contributed by atoms with Crippen LogP contribution in [-0.4, -0.2) is 45.6 Å². The van der Waals surface area contributed by atoms with Crippen molar-refractivity contribution in [3.63, 3.8) is 0 Å². The lowest BCUT2D eigenvalue weighted by Gasteiger charge is -2.36. The van der Waals surface area contributed by atoms with E-state index in [9.17, 15) is 4.79 Å². The Bertz CT molecular complexity index is 1110. The fraction of sp³-hybridized carbons (Fsp3) is 0.500. The SMILES string of the molecule is COc1nc(C(=C[C@H]2CCC(=O)N2)c2ccc(OCCCO[Si](C)(C)C(C)(C)C)c(C)c2)ccc1Cl. The number of aromatic nitrogens is 1. The maximum absolute atomic E-state index is 11.8. The van der Waals surface area contributed by atoms with Gasteiger partial charge in [0.2, 0.25) is 11.8 Å². The molecule has 0 saturated carbocycles. The molecule has 8 heteroatoms. The highest BCUT2D eigenvalue weighted by Crippen LogP contribution is 2.36. The molecule has 0 unspecified atom stereocenters. The van der Waals surface area contributed by atoms with Gasteiger partial charge in [0.1, 0.15) is 10.8 Å². The van der Waals surface area contributed by atoms with Crippen molar-refractivity contribution in [1.29, 1.82) is 0 Å². The summed E-state index contributed by atoms with van der Waals surface area (Å²) in [4.78, 5) is 16.4. The average molecular weight is 531 g/mol. The van der Waals surface area contributed by atoms with E-state index in [-0.39, 0.29) is 17.0 Å². The lowest BCUT2D eigenvalue weighted by Crippen LogP contribution is -2.41. The Kier molecular flexibility index (Phi) is 9.25. The summed E-state index contributed by atoms with van der Waals surface area (Å²) >= 11 is 6.21. The normalized spacial score (nSPS) is 16.7. The zero-order valence-electron chi connectivity index (χ0n) is 22.5. The minimum Gasteiger partial charge on any atom is -0.493 e. The summed E-state index contributed by atoms with van der Waals surface area (Å²) < 4.78 is 17.7. The number of carbonyl (C=O) groups excluding carboxylic acids is 1. The molecule has 1 aliphatic heterocycles. The molecule has 0 aliphatic carbocycles. The maximum atomic E-state index is 11.8. The van der Waals surface area contributed by atoms with E-state index in [1.165, 1.54) is 0 Å². The monoisotopic (exact) mass is 530 g/mol. The molecule has 1 atom stereocenters. The van der Waals surface area contributed by atoms with E-state index in [1.54, 1.807) is 13.2 Å². The van der Waals surface area contributed by atoms with Gasteiger partial charge in [-0.3, -0.25) is 4.79 Å². The number of rotatable bonds is 10. The molecule has 1 saturated heterocycles. The molecule has 1 aromatic heterocycles. The Labute approximate surface area is 221 Å². The van der Waals surface area contributed by atoms with E-state index in [2.05, 4.69) is 56.3 Å². The van der Waals surface area contributed by atoms with Crippen molar-refractivity contribution < 1.29 is 18.7 Å². The second-order valence-electron chi connectivity index (χ2n) is 10.8. The quantitative estimate of drug-likeness (QED) is 0.278. The van der Waals surface area contributed by atoms with Crippen LogP contribution in [0, 0.1) is 6.92 Å². The van der Waals surface area contributed by atoms with Gasteiger partial charge >= 0.3 is 0 Å². The van der Waals surface area contributed by atoms with Crippen LogP contribution < -0.4 is 14.8 Å². The molecule has 1 fully saturated rings. The molecule has 1 N–H and O–H groups in total. The molecule has 36 heavy (non-hydrogen) atoms. The van der Waals surface area contributed by atoms with Gasteiger partial charge in [0, 0.05) is 31.1 Å². The Hall–Kier alpha value is -2.35.